The topological polar surface area (TPSA) is 36.7 Å². The first-order valence-electron chi connectivity index (χ1n) is 7.56. The van der Waals surface area contributed by atoms with Gasteiger partial charge in [-0.1, -0.05) is 42.5 Å². The Morgan fingerprint density at radius 3 is 2.52 bits per heavy atom. The normalized spacial score (nSPS) is 10.8. The van der Waals surface area contributed by atoms with Gasteiger partial charge in [-0.25, -0.2) is 0 Å². The maximum absolute atomic E-state index is 9.11. The molecule has 0 bridgehead atoms. The molecule has 1 heterocycles. The fourth-order valence-electron chi connectivity index (χ4n) is 3.08. The molecule has 0 saturated carbocycles. The van der Waals surface area contributed by atoms with Crippen molar-refractivity contribution in [1.29, 1.82) is 5.26 Å². The molecule has 0 unspecified atom stereocenters. The first-order valence-corrected chi connectivity index (χ1v) is 7.56. The Bertz CT molecular complexity index is 1080. The molecule has 0 saturated heterocycles. The molecule has 0 aliphatic carbocycles. The summed E-state index contributed by atoms with van der Waals surface area (Å²) >= 11 is 0. The van der Waals surface area contributed by atoms with Crippen LogP contribution in [0.4, 0.5) is 0 Å². The zero-order valence-electron chi connectivity index (χ0n) is 12.7. The van der Waals surface area contributed by atoms with Crippen molar-refractivity contribution >= 4 is 21.7 Å². The number of aromatic nitrogens is 1. The lowest BCUT2D eigenvalue weighted by Crippen LogP contribution is -1.91. The van der Waals surface area contributed by atoms with Gasteiger partial charge in [0.25, 0.3) is 0 Å². The largest absolute Gasteiger partial charge is 0.252 e. The van der Waals surface area contributed by atoms with Gasteiger partial charge in [-0.15, -0.1) is 0 Å². The third kappa shape index (κ3) is 2.23. The van der Waals surface area contributed by atoms with E-state index in [4.69, 9.17) is 10.2 Å². The van der Waals surface area contributed by atoms with Gasteiger partial charge in [-0.2, -0.15) is 5.26 Å². The first-order chi connectivity index (χ1) is 11.3. The van der Waals surface area contributed by atoms with E-state index in [1.54, 1.807) is 0 Å². The molecular weight excluding hydrogens is 280 g/mol. The molecule has 2 nitrogen and oxygen atoms in total. The highest BCUT2D eigenvalue weighted by Gasteiger charge is 2.09. The number of benzene rings is 3. The van der Waals surface area contributed by atoms with E-state index in [2.05, 4.69) is 54.6 Å². The van der Waals surface area contributed by atoms with Gasteiger partial charge in [-0.3, -0.25) is 4.98 Å². The van der Waals surface area contributed by atoms with E-state index >= 15 is 0 Å². The van der Waals surface area contributed by atoms with Crippen LogP contribution in [0.25, 0.3) is 32.8 Å². The van der Waals surface area contributed by atoms with Crippen LogP contribution < -0.4 is 0 Å². The monoisotopic (exact) mass is 294 g/mol. The Hall–Kier alpha value is -3.18. The summed E-state index contributed by atoms with van der Waals surface area (Å²) in [5.74, 6) is 0. The summed E-state index contributed by atoms with van der Waals surface area (Å²) in [6.07, 6.45) is 0. The summed E-state index contributed by atoms with van der Waals surface area (Å²) in [5, 5.41) is 12.5. The number of aryl methyl sites for hydroxylation is 1. The van der Waals surface area contributed by atoms with Crippen molar-refractivity contribution in [1.82, 2.24) is 4.98 Å². The molecule has 23 heavy (non-hydrogen) atoms. The number of nitrogens with zero attached hydrogens (tertiary/aromatic N) is 2. The predicted octanol–water partition coefficient (Wildman–Crippen LogP) is 5.24. The van der Waals surface area contributed by atoms with Crippen LogP contribution in [0.1, 0.15) is 11.3 Å². The van der Waals surface area contributed by atoms with E-state index in [0.717, 1.165) is 22.2 Å². The van der Waals surface area contributed by atoms with Crippen LogP contribution in [0.15, 0.2) is 66.7 Å². The average Bonchev–Trinajstić information content (AvgIpc) is 2.60. The van der Waals surface area contributed by atoms with E-state index < -0.39 is 0 Å². The van der Waals surface area contributed by atoms with Crippen LogP contribution in [0.5, 0.6) is 0 Å². The molecule has 4 aromatic rings. The predicted molar refractivity (Wildman–Crippen MR) is 94.1 cm³/mol. The molecule has 3 aromatic carbocycles. The van der Waals surface area contributed by atoms with Crippen LogP contribution in [-0.2, 0) is 0 Å². The van der Waals surface area contributed by atoms with Crippen LogP contribution in [-0.4, -0.2) is 4.98 Å². The maximum Gasteiger partial charge on any atom is 0.0991 e. The fourth-order valence-corrected chi connectivity index (χ4v) is 3.08. The Labute approximate surface area is 134 Å². The van der Waals surface area contributed by atoms with Gasteiger partial charge in [-0.05, 0) is 47.5 Å². The Kier molecular flexibility index (Phi) is 3.06. The molecule has 0 N–H and O–H groups in total. The van der Waals surface area contributed by atoms with Crippen molar-refractivity contribution in [2.75, 3.05) is 0 Å². The van der Waals surface area contributed by atoms with Crippen molar-refractivity contribution in [2.45, 2.75) is 6.92 Å². The van der Waals surface area contributed by atoms with Crippen LogP contribution in [0.3, 0.4) is 0 Å². The summed E-state index contributed by atoms with van der Waals surface area (Å²) < 4.78 is 0. The minimum Gasteiger partial charge on any atom is -0.252 e. The van der Waals surface area contributed by atoms with Gasteiger partial charge < -0.3 is 0 Å². The number of pyridine rings is 1. The molecule has 0 aliphatic heterocycles. The molecule has 4 rings (SSSR count). The van der Waals surface area contributed by atoms with Crippen LogP contribution >= 0.6 is 0 Å². The van der Waals surface area contributed by atoms with E-state index in [9.17, 15) is 0 Å². The van der Waals surface area contributed by atoms with Crippen molar-refractivity contribution in [2.24, 2.45) is 0 Å². The molecular formula is C21H14N2. The zero-order chi connectivity index (χ0) is 15.8. The molecule has 0 atom stereocenters. The number of nitriles is 1. The number of hydrogen-bond acceptors (Lipinski definition) is 2. The lowest BCUT2D eigenvalue weighted by Gasteiger charge is -2.11. The van der Waals surface area contributed by atoms with Crippen molar-refractivity contribution in [3.63, 3.8) is 0 Å². The van der Waals surface area contributed by atoms with E-state index in [1.807, 2.05) is 25.1 Å². The number of hydrogen-bond donors (Lipinski definition) is 0. The minimum atomic E-state index is 0.659. The van der Waals surface area contributed by atoms with Gasteiger partial charge in [0.2, 0.25) is 0 Å². The third-order valence-electron chi connectivity index (χ3n) is 4.21. The molecule has 0 spiro atoms. The van der Waals surface area contributed by atoms with Gasteiger partial charge in [0.15, 0.2) is 0 Å². The Morgan fingerprint density at radius 2 is 1.65 bits per heavy atom. The minimum absolute atomic E-state index is 0.659. The highest BCUT2D eigenvalue weighted by Crippen LogP contribution is 2.32. The number of rotatable bonds is 1. The van der Waals surface area contributed by atoms with Crippen molar-refractivity contribution in [3.05, 3.63) is 78.0 Å². The van der Waals surface area contributed by atoms with Gasteiger partial charge in [0, 0.05) is 16.6 Å². The fraction of sp³-hybridized carbons (Fsp3) is 0.0476. The molecule has 1 aromatic heterocycles. The standard InChI is InChI=1S/C21H14N2/c1-14-20(12-17-11-15(13-22)9-10-21(17)23-14)19-8-4-6-16-5-2-3-7-18(16)19/h2-12H,1H3. The molecule has 108 valence electrons. The quantitative estimate of drug-likeness (QED) is 0.481. The highest BCUT2D eigenvalue weighted by molar-refractivity contribution is 5.99. The lowest BCUT2D eigenvalue weighted by molar-refractivity contribution is 1.26. The molecule has 0 radical (unpaired) electrons. The first kappa shape index (κ1) is 13.5. The molecule has 0 fully saturated rings. The van der Waals surface area contributed by atoms with E-state index in [1.165, 1.54) is 16.3 Å². The summed E-state index contributed by atoms with van der Waals surface area (Å²) in [4.78, 5) is 4.72. The molecule has 0 amide bonds. The Morgan fingerprint density at radius 1 is 0.826 bits per heavy atom. The Balaban J connectivity index is 2.04. The van der Waals surface area contributed by atoms with E-state index in [0.29, 0.717) is 5.56 Å². The van der Waals surface area contributed by atoms with E-state index in [-0.39, 0.29) is 0 Å². The van der Waals surface area contributed by atoms with Gasteiger partial charge in [0.1, 0.15) is 0 Å². The maximum atomic E-state index is 9.11. The van der Waals surface area contributed by atoms with Crippen LogP contribution in [0.2, 0.25) is 0 Å². The summed E-state index contributed by atoms with van der Waals surface area (Å²) in [6, 6.07) is 24.7. The van der Waals surface area contributed by atoms with Gasteiger partial charge in [0.05, 0.1) is 17.1 Å². The lowest BCUT2D eigenvalue weighted by atomic mass is 9.96. The van der Waals surface area contributed by atoms with Crippen molar-refractivity contribution < 1.29 is 0 Å². The second-order valence-corrected chi connectivity index (χ2v) is 5.67. The summed E-state index contributed by atoms with van der Waals surface area (Å²) in [6.45, 7) is 2.04. The second kappa shape index (κ2) is 5.23. The molecule has 2 heteroatoms. The molecule has 0 aliphatic rings. The van der Waals surface area contributed by atoms with Crippen LogP contribution in [0, 0.1) is 18.3 Å². The number of fused-ring (bicyclic) bond motifs is 2. The van der Waals surface area contributed by atoms with Gasteiger partial charge >= 0.3 is 0 Å². The average molecular weight is 294 g/mol. The summed E-state index contributed by atoms with van der Waals surface area (Å²) in [7, 11) is 0. The summed E-state index contributed by atoms with van der Waals surface area (Å²) in [5.41, 5.74) is 4.87. The zero-order valence-corrected chi connectivity index (χ0v) is 12.7. The smallest absolute Gasteiger partial charge is 0.0991 e. The SMILES string of the molecule is Cc1nc2ccc(C#N)cc2cc1-c1cccc2ccccc12. The third-order valence-corrected chi connectivity index (χ3v) is 4.21. The highest BCUT2D eigenvalue weighted by atomic mass is 14.7. The second-order valence-electron chi connectivity index (χ2n) is 5.67. The van der Waals surface area contributed by atoms with Crippen molar-refractivity contribution in [3.8, 4) is 17.2 Å².